The molecule has 3 aromatic rings. The van der Waals surface area contributed by atoms with Crippen molar-refractivity contribution in [1.82, 2.24) is 9.78 Å². The topological polar surface area (TPSA) is 56.2 Å². The predicted molar refractivity (Wildman–Crippen MR) is 91.3 cm³/mol. The van der Waals surface area contributed by atoms with E-state index in [-0.39, 0.29) is 5.91 Å². The van der Waals surface area contributed by atoms with Gasteiger partial charge in [0, 0.05) is 23.9 Å². The number of hydrogen-bond acceptors (Lipinski definition) is 3. The Balaban J connectivity index is 1.72. The number of benzene rings is 2. The molecule has 0 radical (unpaired) electrons. The number of rotatable bonds is 3. The quantitative estimate of drug-likeness (QED) is 0.799. The van der Waals surface area contributed by atoms with Crippen molar-refractivity contribution in [3.05, 3.63) is 72.1 Å². The maximum atomic E-state index is 13.0. The highest BCUT2D eigenvalue weighted by Crippen LogP contribution is 2.44. The molecule has 5 heteroatoms. The van der Waals surface area contributed by atoms with E-state index in [1.165, 1.54) is 0 Å². The van der Waals surface area contributed by atoms with Crippen molar-refractivity contribution in [1.29, 1.82) is 0 Å². The molecule has 0 fully saturated rings. The molecule has 5 nitrogen and oxygen atoms in total. The van der Waals surface area contributed by atoms with E-state index in [4.69, 9.17) is 4.74 Å². The highest BCUT2D eigenvalue weighted by molar-refractivity contribution is 5.99. The average Bonchev–Trinajstić information content (AvgIpc) is 3.07. The van der Waals surface area contributed by atoms with Crippen LogP contribution in [0.2, 0.25) is 0 Å². The van der Waals surface area contributed by atoms with Crippen LogP contribution in [0.1, 0.15) is 24.0 Å². The Bertz CT molecular complexity index is 855. The third kappa shape index (κ3) is 2.44. The normalized spacial score (nSPS) is 12.9. The third-order valence-corrected chi connectivity index (χ3v) is 4.17. The van der Waals surface area contributed by atoms with Gasteiger partial charge < -0.3 is 10.1 Å². The zero-order chi connectivity index (χ0) is 16.5. The van der Waals surface area contributed by atoms with Crippen molar-refractivity contribution in [2.45, 2.75) is 19.4 Å². The van der Waals surface area contributed by atoms with Gasteiger partial charge in [-0.25, -0.2) is 0 Å². The van der Waals surface area contributed by atoms with E-state index in [9.17, 15) is 4.79 Å². The van der Waals surface area contributed by atoms with Gasteiger partial charge in [0.2, 0.25) is 5.91 Å². The SMILES string of the molecule is CCn1cc(NC(=O)C2c3ccccc3Oc3ccccc32)cn1. The number of hydrogen-bond donors (Lipinski definition) is 1. The predicted octanol–water partition coefficient (Wildman–Crippen LogP) is 3.78. The molecule has 0 saturated carbocycles. The molecule has 120 valence electrons. The number of carbonyl (C=O) groups is 1. The van der Waals surface area contributed by atoms with Crippen molar-refractivity contribution in [3.63, 3.8) is 0 Å². The number of para-hydroxylation sites is 2. The summed E-state index contributed by atoms with van der Waals surface area (Å²) in [5.74, 6) is 0.950. The van der Waals surface area contributed by atoms with Gasteiger partial charge in [-0.2, -0.15) is 5.10 Å². The van der Waals surface area contributed by atoms with Gasteiger partial charge in [-0.15, -0.1) is 0 Å². The number of aryl methyl sites for hydroxylation is 1. The molecular weight excluding hydrogens is 302 g/mol. The molecule has 1 aliphatic heterocycles. The fourth-order valence-corrected chi connectivity index (χ4v) is 3.01. The van der Waals surface area contributed by atoms with E-state index in [0.29, 0.717) is 5.69 Å². The molecule has 0 saturated heterocycles. The van der Waals surface area contributed by atoms with Crippen LogP contribution in [0.25, 0.3) is 0 Å². The summed E-state index contributed by atoms with van der Waals surface area (Å²) in [6, 6.07) is 15.3. The van der Waals surface area contributed by atoms with Crippen LogP contribution >= 0.6 is 0 Å². The molecule has 1 aromatic heterocycles. The molecule has 1 amide bonds. The van der Waals surface area contributed by atoms with Crippen LogP contribution in [0.5, 0.6) is 11.5 Å². The first-order valence-corrected chi connectivity index (χ1v) is 7.95. The Hall–Kier alpha value is -3.08. The minimum atomic E-state index is -0.406. The fraction of sp³-hybridized carbons (Fsp3) is 0.158. The molecule has 2 aromatic carbocycles. The zero-order valence-corrected chi connectivity index (χ0v) is 13.3. The van der Waals surface area contributed by atoms with Crippen LogP contribution in [-0.2, 0) is 11.3 Å². The lowest BCUT2D eigenvalue weighted by Gasteiger charge is -2.27. The van der Waals surface area contributed by atoms with Crippen LogP contribution in [0, 0.1) is 0 Å². The Morgan fingerprint density at radius 1 is 1.12 bits per heavy atom. The number of nitrogens with one attached hydrogen (secondary N) is 1. The van der Waals surface area contributed by atoms with E-state index >= 15 is 0 Å². The summed E-state index contributed by atoms with van der Waals surface area (Å²) in [6.45, 7) is 2.77. The van der Waals surface area contributed by atoms with Crippen LogP contribution < -0.4 is 10.1 Å². The van der Waals surface area contributed by atoms with Gasteiger partial charge in [-0.3, -0.25) is 9.48 Å². The minimum Gasteiger partial charge on any atom is -0.457 e. The summed E-state index contributed by atoms with van der Waals surface area (Å²) in [6.07, 6.45) is 3.49. The molecular formula is C19H17N3O2. The molecule has 0 unspecified atom stereocenters. The standard InChI is InChI=1S/C19H17N3O2/c1-2-22-12-13(11-20-22)21-19(23)18-14-7-3-5-9-16(14)24-17-10-6-4-8-15(17)18/h3-12,18H,2H2,1H3,(H,21,23). The lowest BCUT2D eigenvalue weighted by Crippen LogP contribution is -2.24. The molecule has 1 aliphatic rings. The highest BCUT2D eigenvalue weighted by Gasteiger charge is 2.32. The highest BCUT2D eigenvalue weighted by atomic mass is 16.5. The summed E-state index contributed by atoms with van der Waals surface area (Å²) in [7, 11) is 0. The van der Waals surface area contributed by atoms with E-state index in [1.807, 2.05) is 61.7 Å². The first-order valence-electron chi connectivity index (χ1n) is 7.95. The fourth-order valence-electron chi connectivity index (χ4n) is 3.01. The lowest BCUT2D eigenvalue weighted by atomic mass is 9.87. The molecule has 4 rings (SSSR count). The summed E-state index contributed by atoms with van der Waals surface area (Å²) < 4.78 is 7.71. The Kier molecular flexibility index (Phi) is 3.54. The Morgan fingerprint density at radius 2 is 1.75 bits per heavy atom. The van der Waals surface area contributed by atoms with Crippen molar-refractivity contribution in [2.24, 2.45) is 0 Å². The molecule has 0 atom stereocenters. The average molecular weight is 319 g/mol. The lowest BCUT2D eigenvalue weighted by molar-refractivity contribution is -0.116. The molecule has 2 heterocycles. The van der Waals surface area contributed by atoms with Crippen molar-refractivity contribution in [2.75, 3.05) is 5.32 Å². The van der Waals surface area contributed by atoms with Crippen LogP contribution in [0.4, 0.5) is 5.69 Å². The minimum absolute atomic E-state index is 0.0890. The smallest absolute Gasteiger partial charge is 0.236 e. The third-order valence-electron chi connectivity index (χ3n) is 4.17. The second-order valence-corrected chi connectivity index (χ2v) is 5.68. The molecule has 0 spiro atoms. The number of amides is 1. The summed E-state index contributed by atoms with van der Waals surface area (Å²) >= 11 is 0. The van der Waals surface area contributed by atoms with E-state index in [1.54, 1.807) is 10.9 Å². The Labute approximate surface area is 139 Å². The van der Waals surface area contributed by atoms with E-state index in [2.05, 4.69) is 10.4 Å². The van der Waals surface area contributed by atoms with Crippen LogP contribution in [0.3, 0.4) is 0 Å². The first kappa shape index (κ1) is 14.5. The largest absolute Gasteiger partial charge is 0.457 e. The first-order chi connectivity index (χ1) is 11.8. The van der Waals surface area contributed by atoms with Crippen LogP contribution in [-0.4, -0.2) is 15.7 Å². The Morgan fingerprint density at radius 3 is 2.33 bits per heavy atom. The molecule has 0 bridgehead atoms. The van der Waals surface area contributed by atoms with E-state index < -0.39 is 5.92 Å². The monoisotopic (exact) mass is 319 g/mol. The van der Waals surface area contributed by atoms with Gasteiger partial charge in [0.1, 0.15) is 11.5 Å². The summed E-state index contributed by atoms with van der Waals surface area (Å²) in [5, 5.41) is 7.17. The van der Waals surface area contributed by atoms with Gasteiger partial charge in [-0.05, 0) is 19.1 Å². The second kappa shape index (κ2) is 5.85. The van der Waals surface area contributed by atoms with Gasteiger partial charge in [0.05, 0.1) is 17.8 Å². The van der Waals surface area contributed by atoms with E-state index in [0.717, 1.165) is 29.2 Å². The number of ether oxygens (including phenoxy) is 1. The summed E-state index contributed by atoms with van der Waals surface area (Å²) in [4.78, 5) is 13.0. The molecule has 0 aliphatic carbocycles. The maximum Gasteiger partial charge on any atom is 0.236 e. The summed E-state index contributed by atoms with van der Waals surface area (Å²) in [5.41, 5.74) is 2.44. The maximum absolute atomic E-state index is 13.0. The molecule has 24 heavy (non-hydrogen) atoms. The number of carbonyl (C=O) groups excluding carboxylic acids is 1. The van der Waals surface area contributed by atoms with Crippen LogP contribution in [0.15, 0.2) is 60.9 Å². The van der Waals surface area contributed by atoms with Gasteiger partial charge in [0.25, 0.3) is 0 Å². The second-order valence-electron chi connectivity index (χ2n) is 5.68. The van der Waals surface area contributed by atoms with Crippen molar-refractivity contribution >= 4 is 11.6 Å². The number of nitrogens with zero attached hydrogens (tertiary/aromatic N) is 2. The van der Waals surface area contributed by atoms with Gasteiger partial charge in [-0.1, -0.05) is 36.4 Å². The number of aromatic nitrogens is 2. The number of fused-ring (bicyclic) bond motifs is 2. The van der Waals surface area contributed by atoms with Gasteiger partial charge in [0.15, 0.2) is 0 Å². The zero-order valence-electron chi connectivity index (χ0n) is 13.3. The molecule has 1 N–H and O–H groups in total. The number of anilines is 1. The van der Waals surface area contributed by atoms with Crippen molar-refractivity contribution < 1.29 is 9.53 Å². The van der Waals surface area contributed by atoms with Gasteiger partial charge >= 0.3 is 0 Å². The van der Waals surface area contributed by atoms with Crippen molar-refractivity contribution in [3.8, 4) is 11.5 Å².